The van der Waals surface area contributed by atoms with Crippen LogP contribution in [0.1, 0.15) is 22.7 Å². The van der Waals surface area contributed by atoms with Gasteiger partial charge in [0.15, 0.2) is 0 Å². The number of benzene rings is 3. The molecule has 0 radical (unpaired) electrons. The van der Waals surface area contributed by atoms with E-state index in [0.29, 0.717) is 43.2 Å². The second kappa shape index (κ2) is 13.9. The summed E-state index contributed by atoms with van der Waals surface area (Å²) in [5.74, 6) is -0.750. The van der Waals surface area contributed by atoms with Crippen molar-refractivity contribution in [1.82, 2.24) is 10.2 Å². The van der Waals surface area contributed by atoms with E-state index in [-0.39, 0.29) is 11.6 Å². The predicted molar refractivity (Wildman–Crippen MR) is 153 cm³/mol. The predicted octanol–water partition coefficient (Wildman–Crippen LogP) is 4.54. The van der Waals surface area contributed by atoms with Crippen LogP contribution in [0.25, 0.3) is 6.08 Å². The summed E-state index contributed by atoms with van der Waals surface area (Å²) >= 11 is 0. The fourth-order valence-corrected chi connectivity index (χ4v) is 4.27. The maximum Gasteiger partial charge on any atom is 0.416 e. The lowest BCUT2D eigenvalue weighted by molar-refractivity contribution is -0.137. The smallest absolute Gasteiger partial charge is 0.397 e. The Kier molecular flexibility index (Phi) is 10.1. The summed E-state index contributed by atoms with van der Waals surface area (Å²) in [6.07, 6.45) is -1.43. The first kappa shape index (κ1) is 29.8. The number of morpholine rings is 1. The van der Waals surface area contributed by atoms with Crippen LogP contribution in [0.2, 0.25) is 0 Å². The summed E-state index contributed by atoms with van der Waals surface area (Å²) in [4.78, 5) is 27.8. The van der Waals surface area contributed by atoms with Gasteiger partial charge in [0, 0.05) is 37.9 Å². The van der Waals surface area contributed by atoms with Gasteiger partial charge in [-0.15, -0.1) is 0 Å². The minimum absolute atomic E-state index is 0.257. The van der Waals surface area contributed by atoms with Crippen molar-refractivity contribution < 1.29 is 27.5 Å². The van der Waals surface area contributed by atoms with Gasteiger partial charge in [-0.1, -0.05) is 36.4 Å². The molecule has 216 valence electrons. The molecule has 3 aromatic rings. The Morgan fingerprint density at radius 2 is 1.63 bits per heavy atom. The molecule has 3 aromatic carbocycles. The van der Waals surface area contributed by atoms with E-state index in [2.05, 4.69) is 20.9 Å². The SMILES string of the molecule is Nc1ccccc1NC(=O)/C=C/c1ccc(C(NCCN2CCOCC2)C(=O)Nc2ccc(C(F)(F)F)cc2)cc1. The van der Waals surface area contributed by atoms with Crippen LogP contribution in [0.5, 0.6) is 0 Å². The quantitative estimate of drug-likeness (QED) is 0.212. The summed E-state index contributed by atoms with van der Waals surface area (Å²) in [5.41, 5.74) is 7.70. The van der Waals surface area contributed by atoms with Gasteiger partial charge in [0.2, 0.25) is 11.8 Å². The minimum Gasteiger partial charge on any atom is -0.397 e. The number of carbonyl (C=O) groups excluding carboxylic acids is 2. The second-order valence-corrected chi connectivity index (χ2v) is 9.48. The Bertz CT molecular complexity index is 1340. The van der Waals surface area contributed by atoms with Gasteiger partial charge < -0.3 is 26.4 Å². The monoisotopic (exact) mass is 567 g/mol. The van der Waals surface area contributed by atoms with Gasteiger partial charge in [0.1, 0.15) is 6.04 Å². The van der Waals surface area contributed by atoms with Gasteiger partial charge in [-0.2, -0.15) is 13.2 Å². The Hall–Kier alpha value is -4.19. The number of para-hydroxylation sites is 2. The average Bonchev–Trinajstić information content (AvgIpc) is 2.96. The van der Waals surface area contributed by atoms with E-state index in [1.54, 1.807) is 54.6 Å². The Balaban J connectivity index is 1.43. The zero-order chi connectivity index (χ0) is 29.2. The number of nitrogen functional groups attached to an aromatic ring is 1. The summed E-state index contributed by atoms with van der Waals surface area (Å²) in [7, 11) is 0. The lowest BCUT2D eigenvalue weighted by Gasteiger charge is -2.27. The Morgan fingerprint density at radius 3 is 2.29 bits per heavy atom. The van der Waals surface area contributed by atoms with Crippen molar-refractivity contribution in [2.75, 3.05) is 55.8 Å². The standard InChI is InChI=1S/C30H32F3N5O3/c31-30(32,33)23-10-12-24(13-11-23)36-29(40)28(35-15-16-38-17-19-41-20-18-38)22-8-5-21(6-9-22)7-14-27(39)37-26-4-2-1-3-25(26)34/h1-14,28,35H,15-20,34H2,(H,36,40)(H,37,39)/b14-7+. The number of carbonyl (C=O) groups is 2. The van der Waals surface area contributed by atoms with Crippen molar-refractivity contribution >= 4 is 35.0 Å². The number of rotatable bonds is 10. The number of hydrogen-bond donors (Lipinski definition) is 4. The van der Waals surface area contributed by atoms with Crippen LogP contribution >= 0.6 is 0 Å². The average molecular weight is 568 g/mol. The molecule has 1 aliphatic heterocycles. The molecular formula is C30H32F3N5O3. The highest BCUT2D eigenvalue weighted by Gasteiger charge is 2.30. The van der Waals surface area contributed by atoms with Crippen molar-refractivity contribution in [3.8, 4) is 0 Å². The van der Waals surface area contributed by atoms with E-state index < -0.39 is 23.7 Å². The number of hydrogen-bond acceptors (Lipinski definition) is 6. The number of nitrogens with two attached hydrogens (primary N) is 1. The minimum atomic E-state index is -4.46. The van der Waals surface area contributed by atoms with E-state index in [1.807, 2.05) is 0 Å². The molecule has 1 unspecified atom stereocenters. The largest absolute Gasteiger partial charge is 0.416 e. The zero-order valence-electron chi connectivity index (χ0n) is 22.3. The van der Waals surface area contributed by atoms with E-state index in [4.69, 9.17) is 10.5 Å². The highest BCUT2D eigenvalue weighted by molar-refractivity contribution is 6.03. The molecule has 0 aromatic heterocycles. The van der Waals surface area contributed by atoms with Crippen LogP contribution < -0.4 is 21.7 Å². The number of ether oxygens (including phenoxy) is 1. The number of nitrogens with zero attached hydrogens (tertiary/aromatic N) is 1. The van der Waals surface area contributed by atoms with Crippen LogP contribution in [0.15, 0.2) is 78.9 Å². The number of alkyl halides is 3. The lowest BCUT2D eigenvalue weighted by Crippen LogP contribution is -2.42. The van der Waals surface area contributed by atoms with Gasteiger partial charge >= 0.3 is 6.18 Å². The van der Waals surface area contributed by atoms with Crippen molar-refractivity contribution in [3.05, 3.63) is 95.6 Å². The van der Waals surface area contributed by atoms with Gasteiger partial charge in [-0.3, -0.25) is 14.5 Å². The molecule has 0 aliphatic carbocycles. The van der Waals surface area contributed by atoms with Crippen LogP contribution in [-0.4, -0.2) is 56.1 Å². The Morgan fingerprint density at radius 1 is 0.951 bits per heavy atom. The van der Waals surface area contributed by atoms with E-state index in [0.717, 1.165) is 30.8 Å². The molecule has 0 saturated carbocycles. The first-order chi connectivity index (χ1) is 19.7. The third kappa shape index (κ3) is 8.90. The molecule has 2 amide bonds. The molecule has 5 N–H and O–H groups in total. The van der Waals surface area contributed by atoms with Crippen molar-refractivity contribution in [1.29, 1.82) is 0 Å². The van der Waals surface area contributed by atoms with Gasteiger partial charge in [0.25, 0.3) is 0 Å². The van der Waals surface area contributed by atoms with Crippen LogP contribution in [0.3, 0.4) is 0 Å². The molecule has 8 nitrogen and oxygen atoms in total. The zero-order valence-corrected chi connectivity index (χ0v) is 22.3. The topological polar surface area (TPSA) is 109 Å². The fraction of sp³-hybridized carbons (Fsp3) is 0.267. The van der Waals surface area contributed by atoms with Crippen LogP contribution in [0.4, 0.5) is 30.2 Å². The van der Waals surface area contributed by atoms with Crippen molar-refractivity contribution in [2.24, 2.45) is 0 Å². The number of anilines is 3. The van der Waals surface area contributed by atoms with Crippen molar-refractivity contribution in [3.63, 3.8) is 0 Å². The maximum atomic E-state index is 13.3. The molecule has 1 heterocycles. The molecule has 41 heavy (non-hydrogen) atoms. The van der Waals surface area contributed by atoms with Crippen molar-refractivity contribution in [2.45, 2.75) is 12.2 Å². The van der Waals surface area contributed by atoms with E-state index in [9.17, 15) is 22.8 Å². The fourth-order valence-electron chi connectivity index (χ4n) is 4.27. The summed E-state index contributed by atoms with van der Waals surface area (Å²) in [6.45, 7) is 4.13. The van der Waals surface area contributed by atoms with E-state index in [1.165, 1.54) is 18.2 Å². The first-order valence-corrected chi connectivity index (χ1v) is 13.1. The highest BCUT2D eigenvalue weighted by atomic mass is 19.4. The number of halogens is 3. The molecule has 1 fully saturated rings. The van der Waals surface area contributed by atoms with E-state index >= 15 is 0 Å². The molecule has 1 saturated heterocycles. The Labute approximate surface area is 236 Å². The van der Waals surface area contributed by atoms with Gasteiger partial charge in [-0.25, -0.2) is 0 Å². The molecule has 0 spiro atoms. The molecular weight excluding hydrogens is 535 g/mol. The van der Waals surface area contributed by atoms with Crippen LogP contribution in [-0.2, 0) is 20.5 Å². The molecule has 0 bridgehead atoms. The molecule has 1 aliphatic rings. The normalized spacial score (nSPS) is 15.0. The molecule has 11 heteroatoms. The molecule has 1 atom stereocenters. The molecule has 4 rings (SSSR count). The summed E-state index contributed by atoms with van der Waals surface area (Å²) in [5, 5.41) is 8.71. The third-order valence-electron chi connectivity index (χ3n) is 6.54. The maximum absolute atomic E-state index is 13.3. The lowest BCUT2D eigenvalue weighted by atomic mass is 10.0. The first-order valence-electron chi connectivity index (χ1n) is 13.1. The number of nitrogens with one attached hydrogen (secondary N) is 3. The van der Waals surface area contributed by atoms with Gasteiger partial charge in [-0.05, 0) is 53.6 Å². The van der Waals surface area contributed by atoms with Crippen LogP contribution in [0, 0.1) is 0 Å². The van der Waals surface area contributed by atoms with Gasteiger partial charge in [0.05, 0.1) is 30.2 Å². The highest BCUT2D eigenvalue weighted by Crippen LogP contribution is 2.30. The number of amides is 2. The summed E-state index contributed by atoms with van der Waals surface area (Å²) < 4.78 is 44.2. The third-order valence-corrected chi connectivity index (χ3v) is 6.54. The second-order valence-electron chi connectivity index (χ2n) is 9.48. The summed E-state index contributed by atoms with van der Waals surface area (Å²) in [6, 6.07) is 17.6.